The van der Waals surface area contributed by atoms with Crippen LogP contribution in [0.15, 0.2) is 12.2 Å². The summed E-state index contributed by atoms with van der Waals surface area (Å²) in [4.78, 5) is 11.1. The summed E-state index contributed by atoms with van der Waals surface area (Å²) in [5, 5.41) is 12.1. The SMILES string of the molecule is C=C(C)C(=O)OC(NCCS)C(C)O. The predicted octanol–water partition coefficient (Wildman–Crippen LogP) is 0.332. The zero-order valence-electron chi connectivity index (χ0n) is 8.49. The Morgan fingerprint density at radius 2 is 2.29 bits per heavy atom. The van der Waals surface area contributed by atoms with Crippen LogP contribution in [0.4, 0.5) is 0 Å². The molecule has 0 rings (SSSR count). The van der Waals surface area contributed by atoms with Crippen LogP contribution < -0.4 is 5.32 Å². The number of hydrogen-bond donors (Lipinski definition) is 3. The van der Waals surface area contributed by atoms with Crippen LogP contribution in [0.3, 0.4) is 0 Å². The maximum absolute atomic E-state index is 11.1. The first-order valence-electron chi connectivity index (χ1n) is 4.37. The Morgan fingerprint density at radius 1 is 1.71 bits per heavy atom. The maximum Gasteiger partial charge on any atom is 0.334 e. The molecule has 0 saturated heterocycles. The van der Waals surface area contributed by atoms with E-state index in [0.29, 0.717) is 17.9 Å². The van der Waals surface area contributed by atoms with E-state index in [4.69, 9.17) is 4.74 Å². The summed E-state index contributed by atoms with van der Waals surface area (Å²) in [5.41, 5.74) is 0.309. The molecule has 0 aromatic carbocycles. The van der Waals surface area contributed by atoms with E-state index in [-0.39, 0.29) is 0 Å². The Morgan fingerprint density at radius 3 is 2.64 bits per heavy atom. The average Bonchev–Trinajstić information content (AvgIpc) is 2.10. The van der Waals surface area contributed by atoms with Crippen molar-refractivity contribution >= 4 is 18.6 Å². The molecule has 2 unspecified atom stereocenters. The molecule has 0 aromatic rings. The minimum Gasteiger partial charge on any atom is -0.440 e. The van der Waals surface area contributed by atoms with Gasteiger partial charge in [-0.3, -0.25) is 5.32 Å². The predicted molar refractivity (Wildman–Crippen MR) is 58.2 cm³/mol. The third kappa shape index (κ3) is 5.26. The van der Waals surface area contributed by atoms with E-state index in [1.54, 1.807) is 13.8 Å². The van der Waals surface area contributed by atoms with Gasteiger partial charge in [0.2, 0.25) is 0 Å². The maximum atomic E-state index is 11.1. The molecule has 82 valence electrons. The Labute approximate surface area is 89.7 Å². The van der Waals surface area contributed by atoms with Gasteiger partial charge in [0, 0.05) is 17.9 Å². The van der Waals surface area contributed by atoms with Crippen LogP contribution in [0.2, 0.25) is 0 Å². The van der Waals surface area contributed by atoms with Gasteiger partial charge in [-0.15, -0.1) is 0 Å². The smallest absolute Gasteiger partial charge is 0.334 e. The van der Waals surface area contributed by atoms with Crippen LogP contribution >= 0.6 is 12.6 Å². The Balaban J connectivity index is 4.09. The van der Waals surface area contributed by atoms with Crippen LogP contribution in [0.5, 0.6) is 0 Å². The lowest BCUT2D eigenvalue weighted by Crippen LogP contribution is -2.43. The van der Waals surface area contributed by atoms with E-state index < -0.39 is 18.3 Å². The Bertz CT molecular complexity index is 206. The number of aliphatic hydroxyl groups excluding tert-OH is 1. The van der Waals surface area contributed by atoms with Crippen molar-refractivity contribution < 1.29 is 14.6 Å². The molecular weight excluding hydrogens is 202 g/mol. The molecule has 5 heteroatoms. The largest absolute Gasteiger partial charge is 0.440 e. The molecule has 0 aliphatic carbocycles. The van der Waals surface area contributed by atoms with Crippen molar-refractivity contribution in [3.8, 4) is 0 Å². The second-order valence-corrected chi connectivity index (χ2v) is 3.47. The van der Waals surface area contributed by atoms with Gasteiger partial charge in [-0.25, -0.2) is 4.79 Å². The van der Waals surface area contributed by atoms with Gasteiger partial charge in [0.15, 0.2) is 6.23 Å². The number of carbonyl (C=O) groups is 1. The Hall–Kier alpha value is -0.520. The van der Waals surface area contributed by atoms with Gasteiger partial charge < -0.3 is 9.84 Å². The highest BCUT2D eigenvalue weighted by Crippen LogP contribution is 2.00. The number of esters is 1. The van der Waals surface area contributed by atoms with E-state index in [1.165, 1.54) is 0 Å². The molecule has 0 aliphatic rings. The first kappa shape index (κ1) is 13.5. The number of carbonyl (C=O) groups excluding carboxylic acids is 1. The second-order valence-electron chi connectivity index (χ2n) is 3.02. The molecule has 0 spiro atoms. The fourth-order valence-electron chi connectivity index (χ4n) is 0.733. The van der Waals surface area contributed by atoms with E-state index >= 15 is 0 Å². The van der Waals surface area contributed by atoms with Gasteiger partial charge in [-0.2, -0.15) is 12.6 Å². The van der Waals surface area contributed by atoms with Gasteiger partial charge in [0.25, 0.3) is 0 Å². The van der Waals surface area contributed by atoms with E-state index in [0.717, 1.165) is 0 Å². The van der Waals surface area contributed by atoms with Gasteiger partial charge in [0.1, 0.15) is 6.10 Å². The molecule has 0 bridgehead atoms. The highest BCUT2D eigenvalue weighted by Gasteiger charge is 2.18. The molecule has 0 aliphatic heterocycles. The third-order valence-electron chi connectivity index (χ3n) is 1.48. The molecule has 0 saturated carbocycles. The molecular formula is C9H17NO3S. The summed E-state index contributed by atoms with van der Waals surface area (Å²) in [6.07, 6.45) is -1.47. The van der Waals surface area contributed by atoms with Crippen LogP contribution in [0.25, 0.3) is 0 Å². The minimum atomic E-state index is -0.766. The fraction of sp³-hybridized carbons (Fsp3) is 0.667. The standard InChI is InChI=1S/C9H17NO3S/c1-6(2)9(12)13-8(7(3)11)10-4-5-14/h7-8,10-11,14H,1,4-5H2,2-3H3. The van der Waals surface area contributed by atoms with Crippen molar-refractivity contribution in [3.63, 3.8) is 0 Å². The monoisotopic (exact) mass is 219 g/mol. The quantitative estimate of drug-likeness (QED) is 0.261. The highest BCUT2D eigenvalue weighted by molar-refractivity contribution is 7.80. The van der Waals surface area contributed by atoms with Crippen LogP contribution in [-0.2, 0) is 9.53 Å². The van der Waals surface area contributed by atoms with Crippen molar-refractivity contribution in [2.45, 2.75) is 26.2 Å². The number of ether oxygens (including phenoxy) is 1. The number of nitrogens with one attached hydrogen (secondary N) is 1. The zero-order valence-corrected chi connectivity index (χ0v) is 9.38. The summed E-state index contributed by atoms with van der Waals surface area (Å²) in [5.74, 6) is 0.0935. The third-order valence-corrected chi connectivity index (χ3v) is 1.70. The van der Waals surface area contributed by atoms with Gasteiger partial charge >= 0.3 is 5.97 Å². The fourth-order valence-corrected chi connectivity index (χ4v) is 0.863. The molecule has 2 atom stereocenters. The van der Waals surface area contributed by atoms with Gasteiger partial charge in [-0.1, -0.05) is 6.58 Å². The van der Waals surface area contributed by atoms with Gasteiger partial charge in [0.05, 0.1) is 0 Å². The molecule has 0 heterocycles. The van der Waals surface area contributed by atoms with Crippen molar-refractivity contribution in [1.82, 2.24) is 5.32 Å². The van der Waals surface area contributed by atoms with Crippen molar-refractivity contribution in [2.24, 2.45) is 0 Å². The lowest BCUT2D eigenvalue weighted by molar-refractivity contribution is -0.151. The summed E-state index contributed by atoms with van der Waals surface area (Å²) < 4.78 is 4.94. The average molecular weight is 219 g/mol. The van der Waals surface area contributed by atoms with Crippen LogP contribution in [0, 0.1) is 0 Å². The number of hydrogen-bond acceptors (Lipinski definition) is 5. The van der Waals surface area contributed by atoms with E-state index in [1.807, 2.05) is 0 Å². The van der Waals surface area contributed by atoms with Crippen molar-refractivity contribution in [3.05, 3.63) is 12.2 Å². The van der Waals surface area contributed by atoms with Crippen molar-refractivity contribution in [2.75, 3.05) is 12.3 Å². The van der Waals surface area contributed by atoms with Crippen LogP contribution in [0.1, 0.15) is 13.8 Å². The van der Waals surface area contributed by atoms with Gasteiger partial charge in [-0.05, 0) is 13.8 Å². The molecule has 14 heavy (non-hydrogen) atoms. The lowest BCUT2D eigenvalue weighted by Gasteiger charge is -2.21. The molecule has 0 aromatic heterocycles. The first-order valence-corrected chi connectivity index (χ1v) is 5.01. The molecule has 0 amide bonds. The second kappa shape index (κ2) is 6.86. The molecule has 4 nitrogen and oxygen atoms in total. The normalized spacial score (nSPS) is 14.6. The zero-order chi connectivity index (χ0) is 11.1. The lowest BCUT2D eigenvalue weighted by atomic mass is 10.3. The minimum absolute atomic E-state index is 0.309. The summed E-state index contributed by atoms with van der Waals surface area (Å²) in [6, 6.07) is 0. The topological polar surface area (TPSA) is 58.6 Å². The first-order chi connectivity index (χ1) is 6.49. The molecule has 0 fully saturated rings. The van der Waals surface area contributed by atoms with E-state index in [9.17, 15) is 9.90 Å². The van der Waals surface area contributed by atoms with Crippen LogP contribution in [-0.4, -0.2) is 35.7 Å². The number of thiol groups is 1. The van der Waals surface area contributed by atoms with E-state index in [2.05, 4.69) is 24.5 Å². The summed E-state index contributed by atoms with van der Waals surface area (Å²) in [7, 11) is 0. The van der Waals surface area contributed by atoms with Crippen molar-refractivity contribution in [1.29, 1.82) is 0 Å². The molecule has 0 radical (unpaired) electrons. The molecule has 2 N–H and O–H groups in total. The number of rotatable bonds is 6. The summed E-state index contributed by atoms with van der Waals surface area (Å²) in [6.45, 7) is 7.11. The summed E-state index contributed by atoms with van der Waals surface area (Å²) >= 11 is 3.99. The highest BCUT2D eigenvalue weighted by atomic mass is 32.1. The number of aliphatic hydroxyl groups is 1. The Kier molecular flexibility index (Phi) is 6.61.